The molecular weight excluding hydrogens is 496 g/mol. The normalized spacial score (nSPS) is 11.8. The van der Waals surface area contributed by atoms with Gasteiger partial charge in [0.25, 0.3) is 11.8 Å². The van der Waals surface area contributed by atoms with Crippen molar-refractivity contribution >= 4 is 28.2 Å². The van der Waals surface area contributed by atoms with E-state index in [-0.39, 0.29) is 12.4 Å². The van der Waals surface area contributed by atoms with Gasteiger partial charge in [-0.1, -0.05) is 6.07 Å². The second kappa shape index (κ2) is 11.4. The van der Waals surface area contributed by atoms with Gasteiger partial charge in [-0.2, -0.15) is 0 Å². The van der Waals surface area contributed by atoms with Crippen molar-refractivity contribution in [2.45, 2.75) is 34.1 Å². The van der Waals surface area contributed by atoms with Gasteiger partial charge in [-0.05, 0) is 63.1 Å². The zero-order valence-corrected chi connectivity index (χ0v) is 22.1. The van der Waals surface area contributed by atoms with Gasteiger partial charge in [0.2, 0.25) is 12.5 Å². The summed E-state index contributed by atoms with van der Waals surface area (Å²) in [7, 11) is 0. The molecule has 0 unspecified atom stereocenters. The van der Waals surface area contributed by atoms with E-state index in [1.807, 2.05) is 45.9 Å². The maximum Gasteiger partial charge on any atom is 0.256 e. The van der Waals surface area contributed by atoms with Gasteiger partial charge >= 0.3 is 0 Å². The first-order chi connectivity index (χ1) is 17.9. The number of ether oxygens (including phenoxy) is 5. The number of primary amides is 1. The number of fused-ring (bicyclic) bond motifs is 1. The number of carbonyl (C=O) groups is 2. The molecule has 0 fully saturated rings. The molecule has 3 N–H and O–H groups in total. The van der Waals surface area contributed by atoms with Crippen LogP contribution < -0.4 is 34.7 Å². The third-order valence-corrected chi connectivity index (χ3v) is 6.90. The Hall–Kier alpha value is -3.92. The Labute approximate surface area is 219 Å². The molecule has 1 aliphatic heterocycles. The molecule has 0 atom stereocenters. The highest BCUT2D eigenvalue weighted by molar-refractivity contribution is 7.17. The lowest BCUT2D eigenvalue weighted by Crippen LogP contribution is -2.18. The molecule has 0 saturated carbocycles. The predicted octanol–water partition coefficient (Wildman–Crippen LogP) is 4.92. The summed E-state index contributed by atoms with van der Waals surface area (Å²) in [4.78, 5) is 26.6. The van der Waals surface area contributed by atoms with Gasteiger partial charge in [0.05, 0.1) is 25.4 Å². The van der Waals surface area contributed by atoms with Crippen molar-refractivity contribution in [3.63, 3.8) is 0 Å². The number of amides is 2. The first-order valence-electron chi connectivity index (χ1n) is 12.0. The van der Waals surface area contributed by atoms with Crippen LogP contribution in [0.15, 0.2) is 30.3 Å². The lowest BCUT2D eigenvalue weighted by atomic mass is 10.0. The van der Waals surface area contributed by atoms with Crippen LogP contribution in [-0.4, -0.2) is 38.4 Å². The summed E-state index contributed by atoms with van der Waals surface area (Å²) in [6.45, 7) is 8.75. The standard InChI is InChI=1S/C27H30N2O7S/c1-5-32-20-12-17(13-21(33-6-2)24(20)34-7-3)26(31)29-27-23(25(28)30)15(4)22(37-27)11-16-8-9-18-19(10-16)36-14-35-18/h8-10,12-13H,5-7,11,14H2,1-4H3,(H2,28,30)(H,29,31). The Morgan fingerprint density at radius 1 is 0.973 bits per heavy atom. The number of carbonyl (C=O) groups excluding carboxylic acids is 2. The van der Waals surface area contributed by atoms with E-state index in [1.54, 1.807) is 12.1 Å². The van der Waals surface area contributed by atoms with Crippen LogP contribution in [0.1, 0.15) is 57.5 Å². The molecule has 9 nitrogen and oxygen atoms in total. The van der Waals surface area contributed by atoms with Gasteiger partial charge in [0, 0.05) is 16.9 Å². The van der Waals surface area contributed by atoms with Gasteiger partial charge in [0.1, 0.15) is 5.00 Å². The van der Waals surface area contributed by atoms with Crippen LogP contribution in [0.5, 0.6) is 28.7 Å². The number of rotatable bonds is 11. The van der Waals surface area contributed by atoms with Crippen molar-refractivity contribution in [1.82, 2.24) is 0 Å². The lowest BCUT2D eigenvalue weighted by Gasteiger charge is -2.17. The van der Waals surface area contributed by atoms with Crippen molar-refractivity contribution < 1.29 is 33.3 Å². The molecule has 0 aliphatic carbocycles. The molecule has 0 spiro atoms. The Bertz CT molecular complexity index is 1290. The van der Waals surface area contributed by atoms with Crippen LogP contribution in [0.3, 0.4) is 0 Å². The zero-order valence-electron chi connectivity index (χ0n) is 21.3. The van der Waals surface area contributed by atoms with Gasteiger partial charge in [-0.3, -0.25) is 9.59 Å². The topological polar surface area (TPSA) is 118 Å². The summed E-state index contributed by atoms with van der Waals surface area (Å²) in [5.41, 5.74) is 8.01. The maximum atomic E-state index is 13.3. The van der Waals surface area contributed by atoms with E-state index in [0.29, 0.717) is 65.6 Å². The number of thiophene rings is 1. The van der Waals surface area contributed by atoms with Crippen LogP contribution in [-0.2, 0) is 6.42 Å². The SMILES string of the molecule is CCOc1cc(C(=O)Nc2sc(Cc3ccc4c(c3)OCO4)c(C)c2C(N)=O)cc(OCC)c1OCC. The van der Waals surface area contributed by atoms with E-state index in [9.17, 15) is 9.59 Å². The minimum atomic E-state index is -0.613. The zero-order chi connectivity index (χ0) is 26.5. The number of nitrogens with one attached hydrogen (secondary N) is 1. The smallest absolute Gasteiger partial charge is 0.256 e. The summed E-state index contributed by atoms with van der Waals surface area (Å²) < 4.78 is 28.0. The molecule has 3 aromatic rings. The van der Waals surface area contributed by atoms with E-state index < -0.39 is 11.8 Å². The molecule has 0 radical (unpaired) electrons. The molecule has 1 aromatic heterocycles. The van der Waals surface area contributed by atoms with Crippen LogP contribution in [0, 0.1) is 6.92 Å². The van der Waals surface area contributed by atoms with Crippen molar-refractivity contribution in [2.75, 3.05) is 31.9 Å². The molecule has 37 heavy (non-hydrogen) atoms. The Morgan fingerprint density at radius 2 is 1.62 bits per heavy atom. The fourth-order valence-electron chi connectivity index (χ4n) is 4.05. The highest BCUT2D eigenvalue weighted by Crippen LogP contribution is 2.41. The summed E-state index contributed by atoms with van der Waals surface area (Å²) in [6.07, 6.45) is 0.537. The third-order valence-electron chi connectivity index (χ3n) is 5.69. The molecule has 0 bridgehead atoms. The second-order valence-corrected chi connectivity index (χ2v) is 9.24. The van der Waals surface area contributed by atoms with Gasteiger partial charge < -0.3 is 34.7 Å². The minimum Gasteiger partial charge on any atom is -0.490 e. The highest BCUT2D eigenvalue weighted by Gasteiger charge is 2.24. The number of nitrogens with two attached hydrogens (primary N) is 1. The second-order valence-electron chi connectivity index (χ2n) is 8.14. The number of anilines is 1. The van der Waals surface area contributed by atoms with Crippen LogP contribution in [0.4, 0.5) is 5.00 Å². The fraction of sp³-hybridized carbons (Fsp3) is 0.333. The molecule has 1 aliphatic rings. The molecular formula is C27H30N2O7S. The number of benzene rings is 2. The Kier molecular flexibility index (Phi) is 8.08. The molecule has 4 rings (SSSR count). The van der Waals surface area contributed by atoms with Gasteiger partial charge in [0.15, 0.2) is 23.0 Å². The molecule has 10 heteroatoms. The van der Waals surface area contributed by atoms with Gasteiger partial charge in [-0.15, -0.1) is 11.3 Å². The maximum absolute atomic E-state index is 13.3. The van der Waals surface area contributed by atoms with Crippen LogP contribution >= 0.6 is 11.3 Å². The fourth-order valence-corrected chi connectivity index (χ4v) is 5.29. The van der Waals surface area contributed by atoms with Gasteiger partial charge in [-0.25, -0.2) is 0 Å². The molecule has 2 aromatic carbocycles. The number of hydrogen-bond donors (Lipinski definition) is 2. The molecule has 196 valence electrons. The van der Waals surface area contributed by atoms with Crippen LogP contribution in [0.2, 0.25) is 0 Å². The summed E-state index contributed by atoms with van der Waals surface area (Å²) >= 11 is 1.31. The quantitative estimate of drug-likeness (QED) is 0.364. The average molecular weight is 527 g/mol. The van der Waals surface area contributed by atoms with E-state index in [0.717, 1.165) is 16.0 Å². The van der Waals surface area contributed by atoms with E-state index in [1.165, 1.54) is 11.3 Å². The van der Waals surface area contributed by atoms with Crippen molar-refractivity contribution in [1.29, 1.82) is 0 Å². The molecule has 0 saturated heterocycles. The predicted molar refractivity (Wildman–Crippen MR) is 141 cm³/mol. The van der Waals surface area contributed by atoms with E-state index in [2.05, 4.69) is 5.32 Å². The highest BCUT2D eigenvalue weighted by atomic mass is 32.1. The van der Waals surface area contributed by atoms with Crippen molar-refractivity contribution in [3.05, 3.63) is 57.5 Å². The lowest BCUT2D eigenvalue weighted by molar-refractivity contribution is 0.100. The largest absolute Gasteiger partial charge is 0.490 e. The van der Waals surface area contributed by atoms with Crippen LogP contribution in [0.25, 0.3) is 0 Å². The van der Waals surface area contributed by atoms with E-state index >= 15 is 0 Å². The third kappa shape index (κ3) is 5.59. The number of hydrogen-bond acceptors (Lipinski definition) is 8. The van der Waals surface area contributed by atoms with Crippen molar-refractivity contribution in [3.8, 4) is 28.7 Å². The van der Waals surface area contributed by atoms with E-state index in [4.69, 9.17) is 29.4 Å². The summed E-state index contributed by atoms with van der Waals surface area (Å²) in [6, 6.07) is 8.91. The Morgan fingerprint density at radius 3 is 2.24 bits per heavy atom. The Balaban J connectivity index is 1.65. The summed E-state index contributed by atoms with van der Waals surface area (Å²) in [5, 5.41) is 3.25. The monoisotopic (exact) mass is 526 g/mol. The first-order valence-corrected chi connectivity index (χ1v) is 12.9. The minimum absolute atomic E-state index is 0.195. The molecule has 2 amide bonds. The average Bonchev–Trinajstić information content (AvgIpc) is 3.45. The molecule has 2 heterocycles. The summed E-state index contributed by atoms with van der Waals surface area (Å²) in [5.74, 6) is 1.59. The first kappa shape index (κ1) is 26.2. The van der Waals surface area contributed by atoms with Crippen molar-refractivity contribution in [2.24, 2.45) is 5.73 Å².